The largest absolute Gasteiger partial charge is 0.106 e. The second kappa shape index (κ2) is 27.7. The smallest absolute Gasteiger partial charge is 0.0286 e. The number of rotatable bonds is 27. The zero-order valence-electron chi connectivity index (χ0n) is 24.8. The van der Waals surface area contributed by atoms with Gasteiger partial charge < -0.3 is 0 Å². The SMILES string of the molecule is CCCCP(CCCC)CCP(CCP(CCCC)CCCC)CCP(CCCC)CCCC. The topological polar surface area (TPSA) is 0 Å². The van der Waals surface area contributed by atoms with E-state index < -0.39 is 0 Å². The van der Waals surface area contributed by atoms with Gasteiger partial charge in [0.05, 0.1) is 0 Å². The van der Waals surface area contributed by atoms with E-state index in [1.54, 1.807) is 73.9 Å². The maximum absolute atomic E-state index is 2.39. The van der Waals surface area contributed by atoms with Crippen LogP contribution in [0.15, 0.2) is 0 Å². The van der Waals surface area contributed by atoms with Crippen molar-refractivity contribution in [3.05, 3.63) is 0 Å². The predicted octanol–water partition coefficient (Wildman–Crippen LogP) is 11.7. The molecule has 0 unspecified atom stereocenters. The average Bonchev–Trinajstić information content (AvgIpc) is 2.86. The molecular weight excluding hydrogens is 484 g/mol. The number of hydrogen-bond donors (Lipinski definition) is 0. The summed E-state index contributed by atoms with van der Waals surface area (Å²) in [5.41, 5.74) is 0. The molecule has 0 amide bonds. The summed E-state index contributed by atoms with van der Waals surface area (Å²) in [5.74, 6) is 0. The van der Waals surface area contributed by atoms with Crippen LogP contribution in [0.3, 0.4) is 0 Å². The van der Waals surface area contributed by atoms with Crippen molar-refractivity contribution in [2.45, 2.75) is 119 Å². The van der Waals surface area contributed by atoms with Crippen LogP contribution in [0.1, 0.15) is 119 Å². The molecule has 0 fully saturated rings. The Bertz CT molecular complexity index is 309. The molecule has 0 saturated carbocycles. The van der Waals surface area contributed by atoms with Crippen molar-refractivity contribution < 1.29 is 0 Å². The van der Waals surface area contributed by atoms with E-state index in [9.17, 15) is 0 Å². The quantitative estimate of drug-likeness (QED) is 0.0892. The number of hydrogen-bond acceptors (Lipinski definition) is 0. The second-order valence-electron chi connectivity index (χ2n) is 10.5. The molecule has 0 saturated heterocycles. The van der Waals surface area contributed by atoms with Crippen molar-refractivity contribution in [2.75, 3.05) is 73.9 Å². The molecule has 206 valence electrons. The van der Waals surface area contributed by atoms with Gasteiger partial charge in [-0.05, 0) is 112 Å². The first-order chi connectivity index (χ1) is 16.6. The van der Waals surface area contributed by atoms with Crippen LogP contribution < -0.4 is 0 Å². The molecule has 0 aliphatic carbocycles. The summed E-state index contributed by atoms with van der Waals surface area (Å²) >= 11 is 0. The molecule has 0 rings (SSSR count). The molecule has 0 aromatic heterocycles. The van der Waals surface area contributed by atoms with E-state index in [4.69, 9.17) is 0 Å². The van der Waals surface area contributed by atoms with Crippen LogP contribution in [-0.2, 0) is 0 Å². The first kappa shape index (κ1) is 35.7. The van der Waals surface area contributed by atoms with Gasteiger partial charge in [0.1, 0.15) is 0 Å². The van der Waals surface area contributed by atoms with Gasteiger partial charge in [-0.1, -0.05) is 80.1 Å². The summed E-state index contributed by atoms with van der Waals surface area (Å²) in [4.78, 5) is 0. The van der Waals surface area contributed by atoms with Crippen LogP contribution in [0.4, 0.5) is 0 Å². The maximum atomic E-state index is 2.39. The second-order valence-corrected chi connectivity index (χ2v) is 21.2. The van der Waals surface area contributed by atoms with E-state index in [-0.39, 0.29) is 0 Å². The Morgan fingerprint density at radius 1 is 0.235 bits per heavy atom. The highest BCUT2D eigenvalue weighted by molar-refractivity contribution is 7.64. The minimum absolute atomic E-state index is 0.300. The molecule has 0 aliphatic heterocycles. The third-order valence-electron chi connectivity index (χ3n) is 7.16. The van der Waals surface area contributed by atoms with Gasteiger partial charge in [0, 0.05) is 0 Å². The van der Waals surface area contributed by atoms with Gasteiger partial charge in [0.2, 0.25) is 0 Å². The molecule has 0 spiro atoms. The highest BCUT2D eigenvalue weighted by atomic mass is 31.1. The molecule has 4 heteroatoms. The first-order valence-electron chi connectivity index (χ1n) is 15.5. The summed E-state index contributed by atoms with van der Waals surface area (Å²) in [5, 5.41) is 0. The van der Waals surface area contributed by atoms with Gasteiger partial charge in [-0.3, -0.25) is 0 Å². The lowest BCUT2D eigenvalue weighted by Gasteiger charge is -2.27. The molecule has 0 atom stereocenters. The van der Waals surface area contributed by atoms with Gasteiger partial charge in [-0.15, -0.1) is 31.7 Å². The monoisotopic (exact) mass is 550 g/mol. The van der Waals surface area contributed by atoms with Gasteiger partial charge in [-0.2, -0.15) is 0 Å². The van der Waals surface area contributed by atoms with Gasteiger partial charge in [-0.25, -0.2) is 0 Å². The molecule has 34 heavy (non-hydrogen) atoms. The van der Waals surface area contributed by atoms with Crippen molar-refractivity contribution in [2.24, 2.45) is 0 Å². The Labute approximate surface area is 223 Å². The summed E-state index contributed by atoms with van der Waals surface area (Å²) in [6, 6.07) is 0. The highest BCUT2D eigenvalue weighted by Gasteiger charge is 2.17. The molecule has 0 aliphatic rings. The maximum Gasteiger partial charge on any atom is -0.0286 e. The third kappa shape index (κ3) is 21.8. The Balaban J connectivity index is 5.02. The Hall–Kier alpha value is 1.72. The van der Waals surface area contributed by atoms with Gasteiger partial charge in [0.25, 0.3) is 0 Å². The molecule has 0 aromatic carbocycles. The zero-order valence-corrected chi connectivity index (χ0v) is 28.3. The van der Waals surface area contributed by atoms with Crippen LogP contribution in [-0.4, -0.2) is 73.9 Å². The lowest BCUT2D eigenvalue weighted by molar-refractivity contribution is 0.866. The van der Waals surface area contributed by atoms with Crippen LogP contribution >= 0.6 is 31.7 Å². The van der Waals surface area contributed by atoms with E-state index in [0.717, 1.165) is 0 Å². The van der Waals surface area contributed by atoms with E-state index in [1.807, 2.05) is 0 Å². The summed E-state index contributed by atoms with van der Waals surface area (Å²) < 4.78 is 0. The lowest BCUT2D eigenvalue weighted by atomic mass is 10.4. The van der Waals surface area contributed by atoms with Crippen LogP contribution in [0.25, 0.3) is 0 Å². The fourth-order valence-corrected chi connectivity index (χ4v) is 18.5. The normalized spacial score (nSPS) is 12.2. The molecule has 0 aromatic rings. The number of unbranched alkanes of at least 4 members (excludes halogenated alkanes) is 6. The van der Waals surface area contributed by atoms with E-state index in [2.05, 4.69) is 41.5 Å². The van der Waals surface area contributed by atoms with Crippen molar-refractivity contribution in [1.29, 1.82) is 0 Å². The van der Waals surface area contributed by atoms with Crippen LogP contribution in [0.2, 0.25) is 0 Å². The Morgan fingerprint density at radius 3 is 0.529 bits per heavy atom. The Kier molecular flexibility index (Phi) is 29.2. The fraction of sp³-hybridized carbons (Fsp3) is 1.00. The van der Waals surface area contributed by atoms with Crippen molar-refractivity contribution in [1.82, 2.24) is 0 Å². The fourth-order valence-electron chi connectivity index (χ4n) is 4.48. The van der Waals surface area contributed by atoms with Gasteiger partial charge >= 0.3 is 0 Å². The molecule has 0 nitrogen and oxygen atoms in total. The lowest BCUT2D eigenvalue weighted by Crippen LogP contribution is -2.08. The zero-order chi connectivity index (χ0) is 25.3. The summed E-state index contributed by atoms with van der Waals surface area (Å²) in [6.07, 6.45) is 36.6. The van der Waals surface area contributed by atoms with E-state index in [0.29, 0.717) is 31.7 Å². The van der Waals surface area contributed by atoms with E-state index >= 15 is 0 Å². The predicted molar refractivity (Wildman–Crippen MR) is 176 cm³/mol. The minimum Gasteiger partial charge on any atom is -0.106 e. The van der Waals surface area contributed by atoms with Crippen LogP contribution in [0, 0.1) is 0 Å². The Morgan fingerprint density at radius 2 is 0.382 bits per heavy atom. The van der Waals surface area contributed by atoms with Crippen molar-refractivity contribution >= 4 is 31.7 Å². The standard InChI is InChI=1S/C30H66P4/c1-7-13-19-31(20-14-8-2)25-28-34(29-26-32(21-15-9-3)22-16-10-4)30-27-33(23-17-11-5)24-18-12-6/h7-30H2,1-6H3. The van der Waals surface area contributed by atoms with Crippen molar-refractivity contribution in [3.8, 4) is 0 Å². The van der Waals surface area contributed by atoms with Crippen molar-refractivity contribution in [3.63, 3.8) is 0 Å². The summed E-state index contributed by atoms with van der Waals surface area (Å²) in [7, 11) is 1.30. The minimum atomic E-state index is 0.300. The van der Waals surface area contributed by atoms with Crippen LogP contribution in [0.5, 0.6) is 0 Å². The molecular formula is C30H66P4. The molecule has 0 bridgehead atoms. The molecule has 0 radical (unpaired) electrons. The third-order valence-corrected chi connectivity index (χ3v) is 19.1. The highest BCUT2D eigenvalue weighted by Crippen LogP contribution is 2.50. The van der Waals surface area contributed by atoms with Gasteiger partial charge in [0.15, 0.2) is 0 Å². The molecule has 0 heterocycles. The average molecular weight is 551 g/mol. The first-order valence-corrected chi connectivity index (χ1v) is 23.1. The molecule has 0 N–H and O–H groups in total. The summed E-state index contributed by atoms with van der Waals surface area (Å²) in [6.45, 7) is 14.4. The van der Waals surface area contributed by atoms with E-state index in [1.165, 1.54) is 77.0 Å².